The Morgan fingerprint density at radius 1 is 1.09 bits per heavy atom. The van der Waals surface area contributed by atoms with Crippen molar-refractivity contribution in [2.45, 2.75) is 0 Å². The number of benzene rings is 1. The molecule has 0 aliphatic rings. The number of hydrogen-bond acceptors (Lipinski definition) is 2. The Labute approximate surface area is 79.6 Å². The Bertz CT molecular complexity index is 248. The fourth-order valence-corrected chi connectivity index (χ4v) is 1.45. The van der Waals surface area contributed by atoms with Gasteiger partial charge in [0.05, 0.1) is 0 Å². The zero-order chi connectivity index (χ0) is 8.27. The van der Waals surface area contributed by atoms with Gasteiger partial charge in [-0.2, -0.15) is 0 Å². The van der Waals surface area contributed by atoms with E-state index in [1.54, 1.807) is 14.2 Å². The van der Waals surface area contributed by atoms with Gasteiger partial charge in [-0.15, -0.1) is 0 Å². The Morgan fingerprint density at radius 2 is 1.73 bits per heavy atom. The van der Waals surface area contributed by atoms with Crippen LogP contribution in [0.1, 0.15) is 0 Å². The van der Waals surface area contributed by atoms with Gasteiger partial charge in [-0.1, -0.05) is 0 Å². The Kier molecular flexibility index (Phi) is 3.05. The molecule has 0 fully saturated rings. The molecule has 0 aliphatic heterocycles. The van der Waals surface area contributed by atoms with Crippen molar-refractivity contribution >= 4 is 26.1 Å². The molecule has 0 N–H and O–H groups in total. The molecule has 1 rings (SSSR count). The molecule has 3 heteroatoms. The summed E-state index contributed by atoms with van der Waals surface area (Å²) in [7, 11) is 3.29. The van der Waals surface area contributed by atoms with Gasteiger partial charge in [-0.25, -0.2) is 0 Å². The molecule has 0 unspecified atom stereocenters. The average molecular weight is 256 g/mol. The van der Waals surface area contributed by atoms with Crippen molar-refractivity contribution < 1.29 is 9.47 Å². The predicted octanol–water partition coefficient (Wildman–Crippen LogP) is 0.498. The number of hydrogen-bond donors (Lipinski definition) is 0. The van der Waals surface area contributed by atoms with Crippen molar-refractivity contribution in [1.82, 2.24) is 0 Å². The Hall–Kier alpha value is -0.381. The van der Waals surface area contributed by atoms with Gasteiger partial charge in [-0.3, -0.25) is 0 Å². The third-order valence-electron chi connectivity index (χ3n) is 1.38. The van der Waals surface area contributed by atoms with Crippen LogP contribution in [0.15, 0.2) is 18.2 Å². The summed E-state index contributed by atoms with van der Waals surface area (Å²) in [6.07, 6.45) is 0. The predicted molar refractivity (Wildman–Crippen MR) is 44.9 cm³/mol. The van der Waals surface area contributed by atoms with Crippen LogP contribution < -0.4 is 13.1 Å². The van der Waals surface area contributed by atoms with Crippen molar-refractivity contribution in [3.8, 4) is 11.5 Å². The molecular formula is C8H9O2Sn. The van der Waals surface area contributed by atoms with Crippen molar-refractivity contribution in [3.05, 3.63) is 18.2 Å². The van der Waals surface area contributed by atoms with Crippen LogP contribution in [0.4, 0.5) is 0 Å². The van der Waals surface area contributed by atoms with Gasteiger partial charge in [0.1, 0.15) is 0 Å². The molecule has 1 aromatic rings. The van der Waals surface area contributed by atoms with E-state index in [0.717, 1.165) is 11.5 Å². The first-order valence-corrected chi connectivity index (χ1v) is 4.64. The van der Waals surface area contributed by atoms with Crippen molar-refractivity contribution in [3.63, 3.8) is 0 Å². The van der Waals surface area contributed by atoms with Crippen molar-refractivity contribution in [1.29, 1.82) is 0 Å². The number of rotatable bonds is 2. The molecule has 3 radical (unpaired) electrons. The first-order chi connectivity index (χ1) is 5.27. The van der Waals surface area contributed by atoms with Crippen LogP contribution in [0.25, 0.3) is 0 Å². The van der Waals surface area contributed by atoms with E-state index in [4.69, 9.17) is 9.47 Å². The van der Waals surface area contributed by atoms with Gasteiger partial charge < -0.3 is 0 Å². The monoisotopic (exact) mass is 257 g/mol. The van der Waals surface area contributed by atoms with Gasteiger partial charge in [0.25, 0.3) is 0 Å². The van der Waals surface area contributed by atoms with Gasteiger partial charge in [0.2, 0.25) is 0 Å². The minimum absolute atomic E-state index is 0.790. The molecule has 0 amide bonds. The molecule has 0 bridgehead atoms. The summed E-state index contributed by atoms with van der Waals surface area (Å²) >= 11 is 1.38. The molecular weight excluding hydrogens is 247 g/mol. The first-order valence-electron chi connectivity index (χ1n) is 3.21. The van der Waals surface area contributed by atoms with E-state index < -0.39 is 0 Å². The van der Waals surface area contributed by atoms with Crippen LogP contribution >= 0.6 is 0 Å². The molecule has 0 heterocycles. The van der Waals surface area contributed by atoms with Crippen LogP contribution in [0.3, 0.4) is 0 Å². The second kappa shape index (κ2) is 3.85. The zero-order valence-corrected chi connectivity index (χ0v) is 9.40. The Morgan fingerprint density at radius 3 is 2.27 bits per heavy atom. The molecule has 11 heavy (non-hydrogen) atoms. The average Bonchev–Trinajstić information content (AvgIpc) is 2.04. The van der Waals surface area contributed by atoms with Crippen LogP contribution in [0.5, 0.6) is 11.5 Å². The van der Waals surface area contributed by atoms with E-state index in [0.29, 0.717) is 0 Å². The van der Waals surface area contributed by atoms with E-state index in [1.165, 1.54) is 26.1 Å². The van der Waals surface area contributed by atoms with Gasteiger partial charge in [0.15, 0.2) is 0 Å². The molecule has 1 aromatic carbocycles. The fourth-order valence-electron chi connectivity index (χ4n) is 0.836. The molecule has 0 saturated carbocycles. The summed E-state index contributed by atoms with van der Waals surface area (Å²) in [5.41, 5.74) is 0. The molecule has 0 saturated heterocycles. The summed E-state index contributed by atoms with van der Waals surface area (Å²) in [4.78, 5) is 0. The van der Waals surface area contributed by atoms with E-state index in [1.807, 2.05) is 18.2 Å². The number of methoxy groups -OCH3 is 2. The van der Waals surface area contributed by atoms with Crippen LogP contribution in [-0.2, 0) is 0 Å². The van der Waals surface area contributed by atoms with Gasteiger partial charge in [0, 0.05) is 0 Å². The van der Waals surface area contributed by atoms with Crippen LogP contribution in [0.2, 0.25) is 0 Å². The zero-order valence-electron chi connectivity index (χ0n) is 6.55. The second-order valence-electron chi connectivity index (χ2n) is 2.07. The molecule has 0 aliphatic carbocycles. The van der Waals surface area contributed by atoms with E-state index in [2.05, 4.69) is 0 Å². The first kappa shape index (κ1) is 8.71. The second-order valence-corrected chi connectivity index (χ2v) is 3.72. The fraction of sp³-hybridized carbons (Fsp3) is 0.250. The van der Waals surface area contributed by atoms with E-state index in [-0.39, 0.29) is 0 Å². The third kappa shape index (κ3) is 2.02. The van der Waals surface area contributed by atoms with Crippen molar-refractivity contribution in [2.24, 2.45) is 0 Å². The van der Waals surface area contributed by atoms with E-state index >= 15 is 0 Å². The normalized spacial score (nSPS) is 9.36. The molecule has 2 nitrogen and oxygen atoms in total. The summed E-state index contributed by atoms with van der Waals surface area (Å²) < 4.78 is 11.4. The topological polar surface area (TPSA) is 18.5 Å². The minimum atomic E-state index is 0.790. The quantitative estimate of drug-likeness (QED) is 0.717. The summed E-state index contributed by atoms with van der Waals surface area (Å²) in [6.45, 7) is 0. The molecule has 57 valence electrons. The number of ether oxygens (including phenoxy) is 2. The van der Waals surface area contributed by atoms with E-state index in [9.17, 15) is 0 Å². The summed E-state index contributed by atoms with van der Waals surface area (Å²) in [5.74, 6) is 1.60. The van der Waals surface area contributed by atoms with Crippen LogP contribution in [-0.4, -0.2) is 36.7 Å². The summed E-state index contributed by atoms with van der Waals surface area (Å²) in [6, 6.07) is 5.93. The van der Waals surface area contributed by atoms with Gasteiger partial charge in [-0.05, 0) is 0 Å². The van der Waals surface area contributed by atoms with Crippen molar-refractivity contribution in [2.75, 3.05) is 14.2 Å². The van der Waals surface area contributed by atoms with Gasteiger partial charge >= 0.3 is 79.5 Å². The summed E-state index contributed by atoms with van der Waals surface area (Å²) in [5, 5.41) is 0. The van der Waals surface area contributed by atoms with Crippen LogP contribution in [0, 0.1) is 0 Å². The molecule has 0 aromatic heterocycles. The third-order valence-corrected chi connectivity index (χ3v) is 2.27. The SMILES string of the molecule is COc1cc[c]([Sn])cc1OC. The Balaban J connectivity index is 3.06. The maximum atomic E-state index is 5.11. The molecule has 0 spiro atoms. The maximum absolute atomic E-state index is 5.11. The molecule has 0 atom stereocenters. The standard InChI is InChI=1S/C8H9O2.Sn/c1-9-7-5-3-4-6-8(7)10-2;/h3,5-6H,1-2H3;.